The molecule has 18 heavy (non-hydrogen) atoms. The number of ketones is 2. The van der Waals surface area contributed by atoms with Crippen LogP contribution in [-0.2, 0) is 19.1 Å². The molecule has 0 aliphatic rings. The Morgan fingerprint density at radius 2 is 1.56 bits per heavy atom. The van der Waals surface area contributed by atoms with Gasteiger partial charge in [0.25, 0.3) is 0 Å². The molecular formula is C14H26O4. The number of carbonyl (C=O) groups excluding carboxylic acids is 2. The fraction of sp³-hybridized carbons (Fsp3) is 0.857. The van der Waals surface area contributed by atoms with Gasteiger partial charge in [-0.15, -0.1) is 0 Å². The Kier molecular flexibility index (Phi) is 6.71. The van der Waals surface area contributed by atoms with Gasteiger partial charge in [-0.1, -0.05) is 34.1 Å². The predicted molar refractivity (Wildman–Crippen MR) is 70.6 cm³/mol. The monoisotopic (exact) mass is 258 g/mol. The lowest BCUT2D eigenvalue weighted by molar-refractivity contribution is -0.157. The number of hydrogen-bond acceptors (Lipinski definition) is 4. The van der Waals surface area contributed by atoms with Gasteiger partial charge in [0.15, 0.2) is 0 Å². The Morgan fingerprint density at radius 1 is 1.00 bits per heavy atom. The highest BCUT2D eigenvalue weighted by atomic mass is 16.5. The lowest BCUT2D eigenvalue weighted by atomic mass is 9.81. The molecule has 0 amide bonds. The molecule has 0 N–H and O–H groups in total. The molecule has 0 aliphatic carbocycles. The van der Waals surface area contributed by atoms with Gasteiger partial charge in [0.05, 0.1) is 13.2 Å². The summed E-state index contributed by atoms with van der Waals surface area (Å²) < 4.78 is 10.5. The van der Waals surface area contributed by atoms with Crippen LogP contribution in [0.15, 0.2) is 0 Å². The van der Waals surface area contributed by atoms with Crippen molar-refractivity contribution in [2.24, 2.45) is 5.41 Å². The second kappa shape index (κ2) is 7.00. The average molecular weight is 258 g/mol. The molecule has 0 aromatic carbocycles. The van der Waals surface area contributed by atoms with Crippen molar-refractivity contribution in [3.8, 4) is 0 Å². The summed E-state index contributed by atoms with van der Waals surface area (Å²) in [4.78, 5) is 24.3. The Labute approximate surface area is 110 Å². The molecule has 106 valence electrons. The molecule has 1 unspecified atom stereocenters. The van der Waals surface area contributed by atoms with Crippen LogP contribution in [-0.4, -0.2) is 37.5 Å². The summed E-state index contributed by atoms with van der Waals surface area (Å²) in [5, 5.41) is 0. The molecule has 0 fully saturated rings. The molecule has 0 radical (unpaired) electrons. The maximum atomic E-state index is 12.3. The second-order valence-corrected chi connectivity index (χ2v) is 5.73. The van der Waals surface area contributed by atoms with Crippen molar-refractivity contribution >= 4 is 11.6 Å². The van der Waals surface area contributed by atoms with E-state index < -0.39 is 16.8 Å². The van der Waals surface area contributed by atoms with Crippen molar-refractivity contribution in [3.05, 3.63) is 0 Å². The lowest BCUT2D eigenvalue weighted by Gasteiger charge is -2.30. The third-order valence-electron chi connectivity index (χ3n) is 2.80. The van der Waals surface area contributed by atoms with Crippen molar-refractivity contribution in [1.82, 2.24) is 0 Å². The third-order valence-corrected chi connectivity index (χ3v) is 2.80. The number of ether oxygens (including phenoxy) is 2. The molecule has 0 aromatic rings. The van der Waals surface area contributed by atoms with Gasteiger partial charge in [0.1, 0.15) is 5.60 Å². The molecule has 0 aromatic heterocycles. The maximum Gasteiger partial charge on any atom is 0.230 e. The van der Waals surface area contributed by atoms with E-state index in [4.69, 9.17) is 9.47 Å². The fourth-order valence-electron chi connectivity index (χ4n) is 1.66. The quantitative estimate of drug-likeness (QED) is 0.495. The van der Waals surface area contributed by atoms with Crippen LogP contribution >= 0.6 is 0 Å². The van der Waals surface area contributed by atoms with Crippen LogP contribution in [0.3, 0.4) is 0 Å². The number of rotatable bonds is 8. The van der Waals surface area contributed by atoms with E-state index in [1.165, 1.54) is 0 Å². The first-order chi connectivity index (χ1) is 8.19. The number of hydrogen-bond donors (Lipinski definition) is 0. The summed E-state index contributed by atoms with van der Waals surface area (Å²) in [6, 6.07) is 0. The third kappa shape index (κ3) is 4.86. The average Bonchev–Trinajstić information content (AvgIpc) is 2.26. The first kappa shape index (κ1) is 17.3. The van der Waals surface area contributed by atoms with E-state index in [0.29, 0.717) is 19.6 Å². The van der Waals surface area contributed by atoms with Crippen molar-refractivity contribution < 1.29 is 19.1 Å². The van der Waals surface area contributed by atoms with Crippen LogP contribution < -0.4 is 0 Å². The van der Waals surface area contributed by atoms with Crippen LogP contribution in [0.4, 0.5) is 0 Å². The van der Waals surface area contributed by atoms with Gasteiger partial charge in [-0.2, -0.15) is 0 Å². The first-order valence-corrected chi connectivity index (χ1v) is 6.41. The van der Waals surface area contributed by atoms with Gasteiger partial charge in [0, 0.05) is 12.5 Å². The highest BCUT2D eigenvalue weighted by Crippen LogP contribution is 2.25. The van der Waals surface area contributed by atoms with Gasteiger partial charge in [-0.25, -0.2) is 0 Å². The lowest BCUT2D eigenvalue weighted by Crippen LogP contribution is -2.47. The summed E-state index contributed by atoms with van der Waals surface area (Å²) in [5.74, 6) is -0.816. The number of methoxy groups -OCH3 is 1. The van der Waals surface area contributed by atoms with Crippen molar-refractivity contribution in [3.63, 3.8) is 0 Å². The van der Waals surface area contributed by atoms with E-state index in [9.17, 15) is 9.59 Å². The van der Waals surface area contributed by atoms with Crippen LogP contribution in [0.2, 0.25) is 0 Å². The van der Waals surface area contributed by atoms with Gasteiger partial charge in [-0.05, 0) is 13.3 Å². The van der Waals surface area contributed by atoms with Crippen molar-refractivity contribution in [2.75, 3.05) is 20.3 Å². The Bertz CT molecular complexity index is 291. The van der Waals surface area contributed by atoms with Crippen molar-refractivity contribution in [2.45, 2.75) is 53.1 Å². The molecule has 0 saturated heterocycles. The van der Waals surface area contributed by atoms with E-state index in [2.05, 4.69) is 0 Å². The highest BCUT2D eigenvalue weighted by Gasteiger charge is 2.41. The van der Waals surface area contributed by atoms with Gasteiger partial charge >= 0.3 is 0 Å². The Balaban J connectivity index is 4.86. The normalized spacial score (nSPS) is 15.2. The van der Waals surface area contributed by atoms with E-state index in [1.54, 1.807) is 34.8 Å². The maximum absolute atomic E-state index is 12.3. The van der Waals surface area contributed by atoms with Crippen LogP contribution in [0.5, 0.6) is 0 Å². The van der Waals surface area contributed by atoms with E-state index in [0.717, 1.165) is 6.42 Å². The highest BCUT2D eigenvalue weighted by molar-refractivity contribution is 6.41. The van der Waals surface area contributed by atoms with Crippen LogP contribution in [0, 0.1) is 5.41 Å². The van der Waals surface area contributed by atoms with Crippen LogP contribution in [0.25, 0.3) is 0 Å². The fourth-order valence-corrected chi connectivity index (χ4v) is 1.66. The molecular weight excluding hydrogens is 232 g/mol. The minimum atomic E-state index is -1.03. The SMILES string of the molecule is CCCC(C)(OCCOC)C(=O)C(=O)C(C)(C)C. The van der Waals surface area contributed by atoms with Gasteiger partial charge in [-0.3, -0.25) is 9.59 Å². The smallest absolute Gasteiger partial charge is 0.230 e. The molecule has 0 spiro atoms. The Hall–Kier alpha value is -0.740. The van der Waals surface area contributed by atoms with E-state index in [1.807, 2.05) is 6.92 Å². The summed E-state index contributed by atoms with van der Waals surface area (Å²) >= 11 is 0. The second-order valence-electron chi connectivity index (χ2n) is 5.73. The van der Waals surface area contributed by atoms with Crippen molar-refractivity contribution in [1.29, 1.82) is 0 Å². The molecule has 4 heteroatoms. The number of Topliss-reactive ketones (excluding diaryl/α,β-unsaturated/α-hetero) is 2. The molecule has 4 nitrogen and oxygen atoms in total. The Morgan fingerprint density at radius 3 is 1.94 bits per heavy atom. The first-order valence-electron chi connectivity index (χ1n) is 6.41. The summed E-state index contributed by atoms with van der Waals surface area (Å²) in [6.45, 7) is 9.62. The molecule has 0 aliphatic heterocycles. The minimum absolute atomic E-state index is 0.316. The predicted octanol–water partition coefficient (Wildman–Crippen LogP) is 2.39. The molecule has 0 rings (SSSR count). The standard InChI is InChI=1S/C14H26O4/c1-7-8-14(5,18-10-9-17-6)12(16)11(15)13(2,3)4/h7-10H2,1-6H3. The minimum Gasteiger partial charge on any atom is -0.382 e. The molecule has 0 bridgehead atoms. The number of carbonyl (C=O) groups is 2. The van der Waals surface area contributed by atoms with Crippen LogP contribution in [0.1, 0.15) is 47.5 Å². The molecule has 0 saturated carbocycles. The molecule has 1 atom stereocenters. The summed E-state index contributed by atoms with van der Waals surface area (Å²) in [6.07, 6.45) is 1.32. The van der Waals surface area contributed by atoms with E-state index >= 15 is 0 Å². The molecule has 0 heterocycles. The van der Waals surface area contributed by atoms with Gasteiger partial charge < -0.3 is 9.47 Å². The zero-order valence-electron chi connectivity index (χ0n) is 12.5. The zero-order chi connectivity index (χ0) is 14.4. The topological polar surface area (TPSA) is 52.6 Å². The summed E-state index contributed by atoms with van der Waals surface area (Å²) in [7, 11) is 1.57. The van der Waals surface area contributed by atoms with Gasteiger partial charge in [0.2, 0.25) is 11.6 Å². The largest absolute Gasteiger partial charge is 0.382 e. The van der Waals surface area contributed by atoms with E-state index in [-0.39, 0.29) is 5.78 Å². The summed E-state index contributed by atoms with van der Waals surface area (Å²) in [5.41, 5.74) is -1.70. The zero-order valence-corrected chi connectivity index (χ0v) is 12.5.